The number of pyridine rings is 1. The van der Waals surface area contributed by atoms with Gasteiger partial charge in [0.05, 0.1) is 38.2 Å². The molecule has 2 amide bonds. The molecule has 3 heterocycles. The van der Waals surface area contributed by atoms with Crippen molar-refractivity contribution in [1.29, 1.82) is 0 Å². The molecule has 0 radical (unpaired) electrons. The van der Waals surface area contributed by atoms with Crippen LogP contribution in [0.2, 0.25) is 10.0 Å². The third-order valence-electron chi connectivity index (χ3n) is 5.19. The van der Waals surface area contributed by atoms with E-state index in [-0.39, 0.29) is 32.6 Å². The largest absolute Gasteiger partial charge is 0.435 e. The van der Waals surface area contributed by atoms with Crippen LogP contribution in [0.1, 0.15) is 37.9 Å². The standard InChI is InChI=1S/C22H16Cl2F3N7O2/c1-9-10(2)31-18-13(30-9)7-11(20(35)28-3)17(16(18)24)32-21(36)14-8-15(22(25,26)27)33-34(14)19-12(23)5-4-6-29-19/h4-8H,1-3H3,(H,28,35)(H,32,36). The number of fused-ring (bicyclic) bond motifs is 1. The number of benzene rings is 1. The molecule has 0 atom stereocenters. The lowest BCUT2D eigenvalue weighted by atomic mass is 10.1. The van der Waals surface area contributed by atoms with Gasteiger partial charge in [-0.3, -0.25) is 9.59 Å². The molecule has 0 saturated carbocycles. The molecule has 36 heavy (non-hydrogen) atoms. The van der Waals surface area contributed by atoms with Crippen LogP contribution < -0.4 is 10.6 Å². The third-order valence-corrected chi connectivity index (χ3v) is 5.86. The third kappa shape index (κ3) is 4.56. The average Bonchev–Trinajstić information content (AvgIpc) is 3.28. The zero-order chi connectivity index (χ0) is 26.4. The molecule has 1 aromatic carbocycles. The Kier molecular flexibility index (Phi) is 6.58. The smallest absolute Gasteiger partial charge is 0.355 e. The SMILES string of the molecule is CNC(=O)c1cc2nc(C)c(C)nc2c(Cl)c1NC(=O)c1cc(C(F)(F)F)nn1-c1ncccc1Cl. The van der Waals surface area contributed by atoms with E-state index < -0.39 is 29.4 Å². The molecule has 14 heteroatoms. The number of halogens is 5. The summed E-state index contributed by atoms with van der Waals surface area (Å²) < 4.78 is 41.1. The maximum Gasteiger partial charge on any atom is 0.435 e. The fourth-order valence-electron chi connectivity index (χ4n) is 3.32. The summed E-state index contributed by atoms with van der Waals surface area (Å²) in [5, 5.41) is 8.19. The summed E-state index contributed by atoms with van der Waals surface area (Å²) in [4.78, 5) is 38.6. The van der Waals surface area contributed by atoms with E-state index in [1.54, 1.807) is 13.8 Å². The molecule has 0 bridgehead atoms. The molecule has 0 aliphatic carbocycles. The normalized spacial score (nSPS) is 11.6. The number of carbonyl (C=O) groups is 2. The highest BCUT2D eigenvalue weighted by molar-refractivity contribution is 6.39. The first kappa shape index (κ1) is 25.3. The number of rotatable bonds is 4. The van der Waals surface area contributed by atoms with Crippen molar-refractivity contribution in [3.05, 3.63) is 68.8 Å². The first-order valence-corrected chi connectivity index (χ1v) is 11.0. The minimum Gasteiger partial charge on any atom is -0.355 e. The Morgan fingerprint density at radius 1 is 1.06 bits per heavy atom. The highest BCUT2D eigenvalue weighted by Crippen LogP contribution is 2.35. The van der Waals surface area contributed by atoms with E-state index in [0.717, 1.165) is 0 Å². The monoisotopic (exact) mass is 537 g/mol. The lowest BCUT2D eigenvalue weighted by molar-refractivity contribution is -0.141. The molecular formula is C22H16Cl2F3N7O2. The number of amides is 2. The first-order chi connectivity index (χ1) is 16.9. The van der Waals surface area contributed by atoms with E-state index >= 15 is 0 Å². The summed E-state index contributed by atoms with van der Waals surface area (Å²) in [5.74, 6) is -1.87. The molecular weight excluding hydrogens is 522 g/mol. The summed E-state index contributed by atoms with van der Waals surface area (Å²) in [6.07, 6.45) is -3.58. The minimum atomic E-state index is -4.86. The lowest BCUT2D eigenvalue weighted by Crippen LogP contribution is -2.23. The van der Waals surface area contributed by atoms with E-state index in [1.807, 2.05) is 0 Å². The summed E-state index contributed by atoms with van der Waals surface area (Å²) in [6.45, 7) is 3.43. The number of carbonyl (C=O) groups excluding carboxylic acids is 2. The van der Waals surface area contributed by atoms with Crippen LogP contribution in [0, 0.1) is 13.8 Å². The predicted molar refractivity (Wildman–Crippen MR) is 127 cm³/mol. The van der Waals surface area contributed by atoms with Gasteiger partial charge in [0.25, 0.3) is 11.8 Å². The van der Waals surface area contributed by atoms with Gasteiger partial charge < -0.3 is 10.6 Å². The van der Waals surface area contributed by atoms with Crippen LogP contribution in [0.4, 0.5) is 18.9 Å². The predicted octanol–water partition coefficient (Wildman–Crippen LogP) is 4.76. The molecule has 2 N–H and O–H groups in total. The summed E-state index contributed by atoms with van der Waals surface area (Å²) in [6, 6.07) is 4.77. The molecule has 0 saturated heterocycles. The second-order valence-electron chi connectivity index (χ2n) is 7.54. The lowest BCUT2D eigenvalue weighted by Gasteiger charge is -2.15. The minimum absolute atomic E-state index is 0.0423. The topological polar surface area (TPSA) is 115 Å². The van der Waals surface area contributed by atoms with Gasteiger partial charge >= 0.3 is 6.18 Å². The highest BCUT2D eigenvalue weighted by atomic mass is 35.5. The molecule has 9 nitrogen and oxygen atoms in total. The molecule has 4 aromatic rings. The first-order valence-electron chi connectivity index (χ1n) is 10.2. The molecule has 0 fully saturated rings. The van der Waals surface area contributed by atoms with Gasteiger partial charge in [0.15, 0.2) is 11.5 Å². The average molecular weight is 538 g/mol. The number of hydrogen-bond acceptors (Lipinski definition) is 6. The van der Waals surface area contributed by atoms with Gasteiger partial charge in [-0.05, 0) is 32.0 Å². The van der Waals surface area contributed by atoms with E-state index in [1.165, 1.54) is 31.4 Å². The van der Waals surface area contributed by atoms with E-state index in [0.29, 0.717) is 27.7 Å². The van der Waals surface area contributed by atoms with Crippen molar-refractivity contribution in [3.63, 3.8) is 0 Å². The van der Waals surface area contributed by atoms with Crippen LogP contribution in [0.15, 0.2) is 30.5 Å². The van der Waals surface area contributed by atoms with Gasteiger partial charge in [0.1, 0.15) is 11.2 Å². The molecule has 4 rings (SSSR count). The summed E-state index contributed by atoms with van der Waals surface area (Å²) in [5.41, 5.74) is -0.473. The van der Waals surface area contributed by atoms with Crippen molar-refractivity contribution in [2.24, 2.45) is 0 Å². The number of nitrogens with zero attached hydrogens (tertiary/aromatic N) is 5. The van der Waals surface area contributed by atoms with Crippen molar-refractivity contribution in [1.82, 2.24) is 30.0 Å². The van der Waals surface area contributed by atoms with E-state index in [2.05, 4.69) is 30.7 Å². The Morgan fingerprint density at radius 3 is 2.39 bits per heavy atom. The molecule has 0 spiro atoms. The van der Waals surface area contributed by atoms with Crippen LogP contribution in [-0.4, -0.2) is 43.6 Å². The summed E-state index contributed by atoms with van der Waals surface area (Å²) in [7, 11) is 1.37. The van der Waals surface area contributed by atoms with Gasteiger partial charge in [-0.25, -0.2) is 19.6 Å². The van der Waals surface area contributed by atoms with Crippen molar-refractivity contribution in [2.45, 2.75) is 20.0 Å². The van der Waals surface area contributed by atoms with Crippen molar-refractivity contribution in [3.8, 4) is 5.82 Å². The molecule has 0 unspecified atom stereocenters. The van der Waals surface area contributed by atoms with Crippen LogP contribution >= 0.6 is 23.2 Å². The second kappa shape index (κ2) is 9.36. The Balaban J connectivity index is 1.89. The number of hydrogen-bond donors (Lipinski definition) is 2. The van der Waals surface area contributed by atoms with E-state index in [9.17, 15) is 22.8 Å². The van der Waals surface area contributed by atoms with Crippen molar-refractivity contribution >= 4 is 51.7 Å². The fraction of sp³-hybridized carbons (Fsp3) is 0.182. The zero-order valence-electron chi connectivity index (χ0n) is 18.8. The van der Waals surface area contributed by atoms with Gasteiger partial charge in [0, 0.05) is 19.3 Å². The number of anilines is 1. The summed E-state index contributed by atoms with van der Waals surface area (Å²) >= 11 is 12.6. The van der Waals surface area contributed by atoms with E-state index in [4.69, 9.17) is 23.2 Å². The van der Waals surface area contributed by atoms with Crippen molar-refractivity contribution < 1.29 is 22.8 Å². The zero-order valence-corrected chi connectivity index (χ0v) is 20.3. The van der Waals surface area contributed by atoms with Gasteiger partial charge in [0.2, 0.25) is 0 Å². The quantitative estimate of drug-likeness (QED) is 0.387. The van der Waals surface area contributed by atoms with Crippen LogP contribution in [0.5, 0.6) is 0 Å². The number of aromatic nitrogens is 5. The van der Waals surface area contributed by atoms with Crippen LogP contribution in [-0.2, 0) is 6.18 Å². The molecule has 0 aliphatic heterocycles. The van der Waals surface area contributed by atoms with Crippen LogP contribution in [0.25, 0.3) is 16.9 Å². The Hall–Kier alpha value is -3.77. The molecule has 0 aliphatic rings. The number of alkyl halides is 3. The molecule has 186 valence electrons. The molecule has 3 aromatic heterocycles. The van der Waals surface area contributed by atoms with Crippen LogP contribution in [0.3, 0.4) is 0 Å². The Labute approximate surface area is 211 Å². The second-order valence-corrected chi connectivity index (χ2v) is 8.33. The maximum atomic E-state index is 13.5. The van der Waals surface area contributed by atoms with Crippen molar-refractivity contribution in [2.75, 3.05) is 12.4 Å². The Bertz CT molecular complexity index is 1540. The fourth-order valence-corrected chi connectivity index (χ4v) is 3.81. The highest BCUT2D eigenvalue weighted by Gasteiger charge is 2.37. The maximum absolute atomic E-state index is 13.5. The van der Waals surface area contributed by atoms with Gasteiger partial charge in [-0.1, -0.05) is 23.2 Å². The number of nitrogens with one attached hydrogen (secondary N) is 2. The van der Waals surface area contributed by atoms with Gasteiger partial charge in [-0.2, -0.15) is 18.3 Å². The number of aryl methyl sites for hydroxylation is 2. The van der Waals surface area contributed by atoms with Gasteiger partial charge in [-0.15, -0.1) is 0 Å². The Morgan fingerprint density at radius 2 is 1.75 bits per heavy atom.